The van der Waals surface area contributed by atoms with Gasteiger partial charge in [-0.15, -0.1) is 0 Å². The molecule has 1 nitrogen and oxygen atoms in total. The zero-order chi connectivity index (χ0) is 7.45. The molecule has 1 saturated heterocycles. The molecule has 0 radical (unpaired) electrons. The van der Waals surface area contributed by atoms with Crippen LogP contribution in [-0.2, 0) is 0 Å². The Balaban J connectivity index is 0.000001000. The first-order valence-electron chi connectivity index (χ1n) is 3.85. The van der Waals surface area contributed by atoms with Gasteiger partial charge in [0.2, 0.25) is 0 Å². The van der Waals surface area contributed by atoms with Crippen molar-refractivity contribution in [2.75, 3.05) is 25.6 Å². The van der Waals surface area contributed by atoms with E-state index in [0.717, 1.165) is 17.0 Å². The molecule has 1 rings (SSSR count). The molecule has 3 heteroatoms. The van der Waals surface area contributed by atoms with Gasteiger partial charge in [0.05, 0.1) is 19.6 Å². The summed E-state index contributed by atoms with van der Waals surface area (Å²) >= 11 is 5.87. The van der Waals surface area contributed by atoms with Gasteiger partial charge >= 0.3 is 0 Å². The zero-order valence-corrected chi connectivity index (χ0v) is 9.07. The van der Waals surface area contributed by atoms with E-state index in [9.17, 15) is 0 Å². The van der Waals surface area contributed by atoms with Gasteiger partial charge in [-0.2, -0.15) is 0 Å². The third kappa shape index (κ3) is 2.77. The predicted octanol–water partition coefficient (Wildman–Crippen LogP) is -1.02. The molecule has 0 unspecified atom stereocenters. The molecular formula is C8H15BrClN. The van der Waals surface area contributed by atoms with Crippen LogP contribution in [0.2, 0.25) is 0 Å². The van der Waals surface area contributed by atoms with Gasteiger partial charge in [-0.1, -0.05) is 18.2 Å². The number of quaternary nitrogens is 1. The van der Waals surface area contributed by atoms with Crippen molar-refractivity contribution in [1.29, 1.82) is 0 Å². The number of hydrogen-bond donors (Lipinski definition) is 0. The standard InChI is InChI=1S/C8H15ClN.BrH/c1-2-5-10(8-9)6-3-4-7-10;/h2H,1,3-8H2;1H/q+1;/p-1. The lowest BCUT2D eigenvalue weighted by Crippen LogP contribution is -3.00. The third-order valence-electron chi connectivity index (χ3n) is 2.28. The zero-order valence-electron chi connectivity index (χ0n) is 6.73. The summed E-state index contributed by atoms with van der Waals surface area (Å²) in [6.07, 6.45) is 4.65. The highest BCUT2D eigenvalue weighted by Gasteiger charge is 2.28. The molecule has 0 aliphatic carbocycles. The molecule has 0 aromatic carbocycles. The molecule has 0 amide bonds. The quantitative estimate of drug-likeness (QED) is 0.257. The van der Waals surface area contributed by atoms with E-state index in [1.165, 1.54) is 25.9 Å². The summed E-state index contributed by atoms with van der Waals surface area (Å²) in [5, 5.41) is 0. The van der Waals surface area contributed by atoms with E-state index >= 15 is 0 Å². The molecule has 66 valence electrons. The van der Waals surface area contributed by atoms with Crippen LogP contribution in [0.3, 0.4) is 0 Å². The number of likely N-dealkylation sites (tertiary alicyclic amines) is 1. The maximum atomic E-state index is 5.87. The SMILES string of the molecule is C=CC[N+]1(CCl)CCCC1.[Br-]. The van der Waals surface area contributed by atoms with Crippen LogP contribution >= 0.6 is 11.6 Å². The van der Waals surface area contributed by atoms with E-state index in [-0.39, 0.29) is 17.0 Å². The predicted molar refractivity (Wildman–Crippen MR) is 45.0 cm³/mol. The van der Waals surface area contributed by atoms with Crippen molar-refractivity contribution < 1.29 is 21.5 Å². The topological polar surface area (TPSA) is 0 Å². The first-order valence-corrected chi connectivity index (χ1v) is 4.38. The Morgan fingerprint density at radius 1 is 1.36 bits per heavy atom. The Kier molecular flexibility index (Phi) is 5.40. The van der Waals surface area contributed by atoms with Gasteiger partial charge in [0, 0.05) is 12.8 Å². The van der Waals surface area contributed by atoms with Gasteiger partial charge in [-0.05, 0) is 6.08 Å². The first kappa shape index (κ1) is 11.5. The van der Waals surface area contributed by atoms with Crippen molar-refractivity contribution >= 4 is 11.6 Å². The molecule has 0 aromatic heterocycles. The maximum absolute atomic E-state index is 5.87. The molecule has 1 aliphatic heterocycles. The average Bonchev–Trinajstić information content (AvgIpc) is 2.39. The molecule has 0 bridgehead atoms. The van der Waals surface area contributed by atoms with Crippen molar-refractivity contribution in [1.82, 2.24) is 0 Å². The van der Waals surface area contributed by atoms with Crippen LogP contribution in [0.5, 0.6) is 0 Å². The Bertz CT molecular complexity index is 121. The number of halogens is 2. The molecule has 0 spiro atoms. The molecule has 0 aromatic rings. The van der Waals surface area contributed by atoms with Crippen LogP contribution in [0.25, 0.3) is 0 Å². The van der Waals surface area contributed by atoms with Crippen molar-refractivity contribution in [3.63, 3.8) is 0 Å². The lowest BCUT2D eigenvalue weighted by Gasteiger charge is -2.30. The lowest BCUT2D eigenvalue weighted by atomic mass is 10.4. The Morgan fingerprint density at radius 2 is 1.91 bits per heavy atom. The fourth-order valence-electron chi connectivity index (χ4n) is 1.63. The normalized spacial score (nSPS) is 20.8. The molecule has 0 saturated carbocycles. The van der Waals surface area contributed by atoms with Crippen molar-refractivity contribution in [3.05, 3.63) is 12.7 Å². The van der Waals surface area contributed by atoms with Crippen LogP contribution < -0.4 is 17.0 Å². The Hall–Kier alpha value is 0.470. The third-order valence-corrected chi connectivity index (χ3v) is 2.79. The van der Waals surface area contributed by atoms with Crippen LogP contribution in [-0.4, -0.2) is 30.1 Å². The smallest absolute Gasteiger partial charge is 0.155 e. The second-order valence-corrected chi connectivity index (χ2v) is 3.33. The van der Waals surface area contributed by atoms with E-state index in [2.05, 4.69) is 6.58 Å². The van der Waals surface area contributed by atoms with Gasteiger partial charge in [0.15, 0.2) is 6.00 Å². The summed E-state index contributed by atoms with van der Waals surface area (Å²) in [5.74, 6) is 0. The molecule has 1 aliphatic rings. The summed E-state index contributed by atoms with van der Waals surface area (Å²) in [6.45, 7) is 7.28. The molecule has 0 N–H and O–H groups in total. The van der Waals surface area contributed by atoms with Crippen LogP contribution in [0.15, 0.2) is 12.7 Å². The highest BCUT2D eigenvalue weighted by atomic mass is 79.9. The highest BCUT2D eigenvalue weighted by molar-refractivity contribution is 6.17. The molecular weight excluding hydrogens is 225 g/mol. The van der Waals surface area contributed by atoms with Crippen LogP contribution in [0, 0.1) is 0 Å². The minimum absolute atomic E-state index is 0. The molecule has 1 fully saturated rings. The molecule has 0 atom stereocenters. The number of hydrogen-bond acceptors (Lipinski definition) is 0. The minimum Gasteiger partial charge on any atom is -1.00 e. The molecule has 1 heterocycles. The fraction of sp³-hybridized carbons (Fsp3) is 0.750. The van der Waals surface area contributed by atoms with E-state index in [4.69, 9.17) is 11.6 Å². The van der Waals surface area contributed by atoms with Gasteiger partial charge in [-0.25, -0.2) is 0 Å². The maximum Gasteiger partial charge on any atom is 0.155 e. The number of rotatable bonds is 3. The first-order chi connectivity index (χ1) is 4.83. The van der Waals surface area contributed by atoms with Gasteiger partial charge in [0.1, 0.15) is 0 Å². The summed E-state index contributed by atoms with van der Waals surface area (Å²) < 4.78 is 1.06. The minimum atomic E-state index is 0. The van der Waals surface area contributed by atoms with E-state index in [0.29, 0.717) is 0 Å². The van der Waals surface area contributed by atoms with Crippen molar-refractivity contribution in [2.24, 2.45) is 0 Å². The number of alkyl halides is 1. The second kappa shape index (κ2) is 5.18. The monoisotopic (exact) mass is 239 g/mol. The van der Waals surface area contributed by atoms with Gasteiger partial charge < -0.3 is 21.5 Å². The summed E-state index contributed by atoms with van der Waals surface area (Å²) in [7, 11) is 0. The summed E-state index contributed by atoms with van der Waals surface area (Å²) in [6, 6.07) is 0.756. The van der Waals surface area contributed by atoms with Gasteiger partial charge in [0.25, 0.3) is 0 Å². The number of nitrogens with zero attached hydrogens (tertiary/aromatic N) is 1. The Labute approximate surface area is 84.4 Å². The lowest BCUT2D eigenvalue weighted by molar-refractivity contribution is -0.900. The van der Waals surface area contributed by atoms with E-state index in [1.54, 1.807) is 0 Å². The fourth-order valence-corrected chi connectivity index (χ4v) is 1.97. The largest absolute Gasteiger partial charge is 1.00 e. The van der Waals surface area contributed by atoms with Gasteiger partial charge in [-0.3, -0.25) is 0 Å². The van der Waals surface area contributed by atoms with Crippen LogP contribution in [0.4, 0.5) is 0 Å². The van der Waals surface area contributed by atoms with Crippen molar-refractivity contribution in [3.8, 4) is 0 Å². The Morgan fingerprint density at radius 3 is 2.27 bits per heavy atom. The van der Waals surface area contributed by atoms with Crippen LogP contribution in [0.1, 0.15) is 12.8 Å². The van der Waals surface area contributed by atoms with E-state index < -0.39 is 0 Å². The molecule has 11 heavy (non-hydrogen) atoms. The van der Waals surface area contributed by atoms with E-state index in [1.807, 2.05) is 6.08 Å². The summed E-state index contributed by atoms with van der Waals surface area (Å²) in [5.41, 5.74) is 0. The summed E-state index contributed by atoms with van der Waals surface area (Å²) in [4.78, 5) is 0. The second-order valence-electron chi connectivity index (χ2n) is 3.09. The van der Waals surface area contributed by atoms with Crippen molar-refractivity contribution in [2.45, 2.75) is 12.8 Å². The highest BCUT2D eigenvalue weighted by Crippen LogP contribution is 2.19. The average molecular weight is 241 g/mol.